The lowest BCUT2D eigenvalue weighted by atomic mass is 10.1. The molecule has 0 rings (SSSR count). The second-order valence-corrected chi connectivity index (χ2v) is 3.49. The molecule has 0 bridgehead atoms. The van der Waals surface area contributed by atoms with Gasteiger partial charge in [0.1, 0.15) is 6.04 Å². The van der Waals surface area contributed by atoms with Crippen LogP contribution in [0.15, 0.2) is 0 Å². The molecule has 0 aromatic rings. The van der Waals surface area contributed by atoms with E-state index in [1.165, 1.54) is 0 Å². The first-order valence-electron chi connectivity index (χ1n) is 5.21. The standard InChI is InChI=1S/C10H17NO5/c1-2-4-8(12)11-7(10(15)16)5-3-6-9(13)14/h7H,2-6H2,1H3,(H,11,12)(H,13,14)(H,15,16). The second-order valence-electron chi connectivity index (χ2n) is 3.49. The van der Waals surface area contributed by atoms with Crippen LogP contribution < -0.4 is 5.32 Å². The molecule has 1 amide bonds. The topological polar surface area (TPSA) is 104 Å². The van der Waals surface area contributed by atoms with Crippen molar-refractivity contribution in [2.75, 3.05) is 0 Å². The third-order valence-corrected chi connectivity index (χ3v) is 1.99. The number of amides is 1. The van der Waals surface area contributed by atoms with Gasteiger partial charge in [-0.3, -0.25) is 9.59 Å². The van der Waals surface area contributed by atoms with Crippen LogP contribution in [-0.4, -0.2) is 34.1 Å². The van der Waals surface area contributed by atoms with Crippen molar-refractivity contribution in [3.8, 4) is 0 Å². The van der Waals surface area contributed by atoms with Crippen molar-refractivity contribution < 1.29 is 24.6 Å². The summed E-state index contributed by atoms with van der Waals surface area (Å²) in [6, 6.07) is -0.988. The fourth-order valence-electron chi connectivity index (χ4n) is 1.21. The maximum Gasteiger partial charge on any atom is 0.326 e. The molecule has 0 aliphatic rings. The van der Waals surface area contributed by atoms with E-state index in [0.29, 0.717) is 6.42 Å². The van der Waals surface area contributed by atoms with E-state index in [0.717, 1.165) is 0 Å². The van der Waals surface area contributed by atoms with Crippen molar-refractivity contribution >= 4 is 17.8 Å². The lowest BCUT2D eigenvalue weighted by molar-refractivity contribution is -0.142. The van der Waals surface area contributed by atoms with Crippen LogP contribution in [0.5, 0.6) is 0 Å². The molecule has 6 nitrogen and oxygen atoms in total. The van der Waals surface area contributed by atoms with Gasteiger partial charge in [0.2, 0.25) is 5.91 Å². The quantitative estimate of drug-likeness (QED) is 0.567. The number of carboxylic acids is 2. The van der Waals surface area contributed by atoms with Gasteiger partial charge < -0.3 is 15.5 Å². The van der Waals surface area contributed by atoms with Crippen LogP contribution in [0.4, 0.5) is 0 Å². The fraction of sp³-hybridized carbons (Fsp3) is 0.700. The number of hydrogen-bond donors (Lipinski definition) is 3. The predicted molar refractivity (Wildman–Crippen MR) is 56.0 cm³/mol. The van der Waals surface area contributed by atoms with Crippen LogP contribution in [0.3, 0.4) is 0 Å². The summed E-state index contributed by atoms with van der Waals surface area (Å²) in [7, 11) is 0. The predicted octanol–water partition coefficient (Wildman–Crippen LogP) is 0.611. The number of carbonyl (C=O) groups is 3. The largest absolute Gasteiger partial charge is 0.481 e. The van der Waals surface area contributed by atoms with Crippen LogP contribution in [0.25, 0.3) is 0 Å². The zero-order valence-corrected chi connectivity index (χ0v) is 9.23. The van der Waals surface area contributed by atoms with Crippen molar-refractivity contribution in [2.45, 2.75) is 45.1 Å². The molecule has 0 radical (unpaired) electrons. The number of hydrogen-bond acceptors (Lipinski definition) is 3. The molecule has 0 aliphatic heterocycles. The zero-order valence-electron chi connectivity index (χ0n) is 9.23. The summed E-state index contributed by atoms with van der Waals surface area (Å²) < 4.78 is 0. The van der Waals surface area contributed by atoms with E-state index in [-0.39, 0.29) is 31.6 Å². The van der Waals surface area contributed by atoms with Gasteiger partial charge in [0.15, 0.2) is 0 Å². The van der Waals surface area contributed by atoms with Crippen LogP contribution >= 0.6 is 0 Å². The maximum atomic E-state index is 11.2. The van der Waals surface area contributed by atoms with E-state index in [4.69, 9.17) is 10.2 Å². The highest BCUT2D eigenvalue weighted by molar-refractivity contribution is 5.83. The summed E-state index contributed by atoms with van der Waals surface area (Å²) in [4.78, 5) is 32.2. The average Bonchev–Trinajstić information content (AvgIpc) is 2.15. The summed E-state index contributed by atoms with van der Waals surface area (Å²) in [6.45, 7) is 1.82. The van der Waals surface area contributed by atoms with Gasteiger partial charge in [-0.15, -0.1) is 0 Å². The second kappa shape index (κ2) is 7.67. The van der Waals surface area contributed by atoms with E-state index in [1.54, 1.807) is 0 Å². The molecule has 92 valence electrons. The summed E-state index contributed by atoms with van der Waals surface area (Å²) in [5, 5.41) is 19.5. The van der Waals surface area contributed by atoms with Gasteiger partial charge in [0.25, 0.3) is 0 Å². The Morgan fingerprint density at radius 3 is 2.25 bits per heavy atom. The number of carboxylic acid groups (broad SMARTS) is 2. The SMILES string of the molecule is CCCC(=O)NC(CCCC(=O)O)C(=O)O. The summed E-state index contributed by atoms with van der Waals surface area (Å²) in [5.74, 6) is -2.41. The highest BCUT2D eigenvalue weighted by atomic mass is 16.4. The molecule has 1 atom stereocenters. The normalized spacial score (nSPS) is 11.8. The summed E-state index contributed by atoms with van der Waals surface area (Å²) >= 11 is 0. The summed E-state index contributed by atoms with van der Waals surface area (Å²) in [6.07, 6.45) is 1.21. The van der Waals surface area contributed by atoms with Crippen molar-refractivity contribution in [3.05, 3.63) is 0 Å². The van der Waals surface area contributed by atoms with Crippen LogP contribution in [0, 0.1) is 0 Å². The monoisotopic (exact) mass is 231 g/mol. The lowest BCUT2D eigenvalue weighted by Crippen LogP contribution is -2.40. The van der Waals surface area contributed by atoms with Gasteiger partial charge in [-0.05, 0) is 19.3 Å². The number of carbonyl (C=O) groups excluding carboxylic acids is 1. The Morgan fingerprint density at radius 1 is 1.19 bits per heavy atom. The Bertz CT molecular complexity index is 264. The number of rotatable bonds is 8. The third kappa shape index (κ3) is 6.80. The molecule has 0 saturated heterocycles. The van der Waals surface area contributed by atoms with Gasteiger partial charge in [-0.1, -0.05) is 6.92 Å². The van der Waals surface area contributed by atoms with Crippen LogP contribution in [0.2, 0.25) is 0 Å². The highest BCUT2D eigenvalue weighted by Crippen LogP contribution is 2.02. The van der Waals surface area contributed by atoms with E-state index in [1.807, 2.05) is 6.92 Å². The Morgan fingerprint density at radius 2 is 1.81 bits per heavy atom. The molecule has 0 heterocycles. The van der Waals surface area contributed by atoms with E-state index >= 15 is 0 Å². The Labute approximate surface area is 93.6 Å². The molecular weight excluding hydrogens is 214 g/mol. The van der Waals surface area contributed by atoms with Gasteiger partial charge in [0.05, 0.1) is 0 Å². The van der Waals surface area contributed by atoms with Gasteiger partial charge in [-0.2, -0.15) is 0 Å². The van der Waals surface area contributed by atoms with E-state index in [2.05, 4.69) is 5.32 Å². The van der Waals surface area contributed by atoms with Crippen molar-refractivity contribution in [3.63, 3.8) is 0 Å². The minimum atomic E-state index is -1.13. The minimum Gasteiger partial charge on any atom is -0.481 e. The van der Waals surface area contributed by atoms with E-state index in [9.17, 15) is 14.4 Å². The highest BCUT2D eigenvalue weighted by Gasteiger charge is 2.19. The molecule has 0 fully saturated rings. The van der Waals surface area contributed by atoms with Crippen LogP contribution in [0.1, 0.15) is 39.0 Å². The van der Waals surface area contributed by atoms with Gasteiger partial charge in [0, 0.05) is 12.8 Å². The molecule has 3 N–H and O–H groups in total. The molecule has 0 aromatic heterocycles. The molecule has 0 spiro atoms. The zero-order chi connectivity index (χ0) is 12.6. The Balaban J connectivity index is 4.02. The molecule has 0 saturated carbocycles. The summed E-state index contributed by atoms with van der Waals surface area (Å²) in [5.41, 5.74) is 0. The first-order chi connectivity index (χ1) is 7.47. The number of nitrogens with one attached hydrogen (secondary N) is 1. The smallest absolute Gasteiger partial charge is 0.326 e. The molecule has 0 aliphatic carbocycles. The molecule has 6 heteroatoms. The van der Waals surface area contributed by atoms with Crippen molar-refractivity contribution in [1.29, 1.82) is 0 Å². The van der Waals surface area contributed by atoms with Gasteiger partial charge >= 0.3 is 11.9 Å². The third-order valence-electron chi connectivity index (χ3n) is 1.99. The van der Waals surface area contributed by atoms with Crippen LogP contribution in [-0.2, 0) is 14.4 Å². The average molecular weight is 231 g/mol. The molecular formula is C10H17NO5. The lowest BCUT2D eigenvalue weighted by Gasteiger charge is -2.13. The molecule has 0 aromatic carbocycles. The number of aliphatic carboxylic acids is 2. The minimum absolute atomic E-state index is 0.0899. The molecule has 1 unspecified atom stereocenters. The first kappa shape index (κ1) is 14.4. The van der Waals surface area contributed by atoms with Gasteiger partial charge in [-0.25, -0.2) is 4.79 Å². The maximum absolute atomic E-state index is 11.2. The van der Waals surface area contributed by atoms with E-state index < -0.39 is 18.0 Å². The van der Waals surface area contributed by atoms with Crippen molar-refractivity contribution in [2.24, 2.45) is 0 Å². The Hall–Kier alpha value is -1.59. The molecule has 16 heavy (non-hydrogen) atoms. The Kier molecular flexibility index (Phi) is 6.91. The fourth-order valence-corrected chi connectivity index (χ4v) is 1.21. The first-order valence-corrected chi connectivity index (χ1v) is 5.21. The van der Waals surface area contributed by atoms with Crippen molar-refractivity contribution in [1.82, 2.24) is 5.32 Å².